The molecule has 1 fully saturated rings. The predicted octanol–water partition coefficient (Wildman–Crippen LogP) is 3.99. The number of hydrogen-bond acceptors (Lipinski definition) is 4. The summed E-state index contributed by atoms with van der Waals surface area (Å²) in [4.78, 5) is 27.9. The minimum absolute atomic E-state index is 0.132. The number of aliphatic carboxylic acids is 1. The standard InChI is InChI=1S/C21H25AsClN2O3/c23-16-9-10-17-15(8-11-19(25-17)24-12-4-7-20(27)28)21(16)22-18(26)13-14-5-2-1-3-6-14/h8-11,14H,1-7,12-13H2,(H,24,25)(H,27,28). The first kappa shape index (κ1) is 21.1. The van der Waals surface area contributed by atoms with Gasteiger partial charge in [-0.2, -0.15) is 0 Å². The molecule has 0 spiro atoms. The van der Waals surface area contributed by atoms with E-state index in [1.54, 1.807) is 0 Å². The Morgan fingerprint density at radius 1 is 1.18 bits per heavy atom. The summed E-state index contributed by atoms with van der Waals surface area (Å²) >= 11 is 5.79. The molecule has 1 aromatic carbocycles. The number of rotatable bonds is 9. The molecule has 2 aromatic rings. The van der Waals surface area contributed by atoms with E-state index in [0.717, 1.165) is 15.3 Å². The SMILES string of the molecule is O=C(O)CCCNc1ccc2c([As]C(=O)CC3CCCCC3)c(Cl)ccc2n1. The van der Waals surface area contributed by atoms with Crippen molar-refractivity contribution in [2.75, 3.05) is 11.9 Å². The van der Waals surface area contributed by atoms with Crippen LogP contribution in [-0.4, -0.2) is 42.9 Å². The Bertz CT molecular complexity index is 853. The number of carbonyl (C=O) groups excluding carboxylic acids is 1. The molecule has 149 valence electrons. The van der Waals surface area contributed by atoms with Crippen LogP contribution in [0.15, 0.2) is 24.3 Å². The summed E-state index contributed by atoms with van der Waals surface area (Å²) in [6.07, 6.45) is 7.50. The predicted molar refractivity (Wildman–Crippen MR) is 114 cm³/mol. The second-order valence-corrected chi connectivity index (χ2v) is 10.2. The van der Waals surface area contributed by atoms with Gasteiger partial charge in [-0.1, -0.05) is 0 Å². The fraction of sp³-hybridized carbons (Fsp3) is 0.476. The van der Waals surface area contributed by atoms with Gasteiger partial charge >= 0.3 is 177 Å². The van der Waals surface area contributed by atoms with E-state index < -0.39 is 21.7 Å². The molecular weight excluding hydrogens is 439 g/mol. The Kier molecular flexibility index (Phi) is 7.75. The number of aromatic nitrogens is 1. The van der Waals surface area contributed by atoms with Gasteiger partial charge in [0.25, 0.3) is 0 Å². The zero-order valence-electron chi connectivity index (χ0n) is 15.8. The minimum atomic E-state index is -0.797. The Labute approximate surface area is 176 Å². The number of pyridine rings is 1. The maximum absolute atomic E-state index is 12.7. The Morgan fingerprint density at radius 2 is 1.96 bits per heavy atom. The van der Waals surface area contributed by atoms with E-state index >= 15 is 0 Å². The molecule has 1 radical (unpaired) electrons. The molecule has 3 rings (SSSR count). The fourth-order valence-corrected chi connectivity index (χ4v) is 6.31. The van der Waals surface area contributed by atoms with Crippen molar-refractivity contribution in [1.29, 1.82) is 0 Å². The zero-order valence-corrected chi connectivity index (χ0v) is 18.4. The van der Waals surface area contributed by atoms with Gasteiger partial charge in [0.1, 0.15) is 0 Å². The van der Waals surface area contributed by atoms with Crippen LogP contribution < -0.4 is 9.67 Å². The molecule has 1 saturated carbocycles. The number of benzene rings is 1. The summed E-state index contributed by atoms with van der Waals surface area (Å²) in [5.74, 6) is 0.454. The van der Waals surface area contributed by atoms with Gasteiger partial charge in [0.15, 0.2) is 0 Å². The average molecular weight is 464 g/mol. The van der Waals surface area contributed by atoms with Crippen LogP contribution in [0.1, 0.15) is 51.4 Å². The molecule has 7 heteroatoms. The molecule has 1 aliphatic carbocycles. The second kappa shape index (κ2) is 10.3. The summed E-state index contributed by atoms with van der Waals surface area (Å²) in [7, 11) is 0. The first-order valence-corrected chi connectivity index (χ1v) is 12.1. The van der Waals surface area contributed by atoms with Gasteiger partial charge in [-0.05, 0) is 0 Å². The quantitative estimate of drug-likeness (QED) is 0.434. The molecule has 0 saturated heterocycles. The van der Waals surface area contributed by atoms with Crippen molar-refractivity contribution in [2.24, 2.45) is 5.92 Å². The number of carbonyl (C=O) groups is 2. The summed E-state index contributed by atoms with van der Waals surface area (Å²) in [6.45, 7) is 0.553. The third kappa shape index (κ3) is 5.96. The van der Waals surface area contributed by atoms with Crippen LogP contribution in [0.5, 0.6) is 0 Å². The van der Waals surface area contributed by atoms with Crippen LogP contribution in [0.2, 0.25) is 5.02 Å². The molecule has 2 N–H and O–H groups in total. The molecule has 5 nitrogen and oxygen atoms in total. The van der Waals surface area contributed by atoms with Crippen molar-refractivity contribution >= 4 is 59.0 Å². The van der Waals surface area contributed by atoms with E-state index in [4.69, 9.17) is 16.7 Å². The molecule has 28 heavy (non-hydrogen) atoms. The molecule has 1 aliphatic rings. The van der Waals surface area contributed by atoms with Gasteiger partial charge in [0, 0.05) is 0 Å². The number of halogens is 1. The van der Waals surface area contributed by atoms with Crippen LogP contribution in [0, 0.1) is 5.92 Å². The average Bonchev–Trinajstić information content (AvgIpc) is 2.68. The molecule has 0 atom stereocenters. The topological polar surface area (TPSA) is 79.3 Å². The summed E-state index contributed by atoms with van der Waals surface area (Å²) < 4.78 is 1.29. The van der Waals surface area contributed by atoms with Gasteiger partial charge in [0.05, 0.1) is 0 Å². The van der Waals surface area contributed by atoms with E-state index in [0.29, 0.717) is 40.7 Å². The van der Waals surface area contributed by atoms with E-state index in [-0.39, 0.29) is 6.42 Å². The zero-order chi connectivity index (χ0) is 19.9. The Hall–Kier alpha value is -1.58. The first-order valence-electron chi connectivity index (χ1n) is 9.82. The number of carboxylic acid groups (broad SMARTS) is 1. The number of anilines is 1. The van der Waals surface area contributed by atoms with Crippen LogP contribution in [0.4, 0.5) is 5.82 Å². The van der Waals surface area contributed by atoms with E-state index in [1.165, 1.54) is 32.1 Å². The van der Waals surface area contributed by atoms with Gasteiger partial charge in [0.2, 0.25) is 0 Å². The van der Waals surface area contributed by atoms with Crippen molar-refractivity contribution < 1.29 is 14.7 Å². The van der Waals surface area contributed by atoms with Crippen molar-refractivity contribution in [3.8, 4) is 0 Å². The number of carboxylic acids is 1. The van der Waals surface area contributed by atoms with Crippen LogP contribution in [-0.2, 0) is 9.59 Å². The monoisotopic (exact) mass is 463 g/mol. The van der Waals surface area contributed by atoms with Crippen molar-refractivity contribution in [3.05, 3.63) is 29.3 Å². The van der Waals surface area contributed by atoms with Gasteiger partial charge in [-0.3, -0.25) is 0 Å². The second-order valence-electron chi connectivity index (χ2n) is 7.30. The maximum atomic E-state index is 12.7. The van der Waals surface area contributed by atoms with E-state index in [2.05, 4.69) is 10.3 Å². The summed E-state index contributed by atoms with van der Waals surface area (Å²) in [5, 5.41) is 13.4. The molecule has 0 bridgehead atoms. The molecule has 0 unspecified atom stereocenters. The van der Waals surface area contributed by atoms with Gasteiger partial charge in [-0.15, -0.1) is 0 Å². The third-order valence-corrected chi connectivity index (χ3v) is 8.08. The Balaban J connectivity index is 1.68. The van der Waals surface area contributed by atoms with Crippen molar-refractivity contribution in [1.82, 2.24) is 4.98 Å². The molecule has 0 amide bonds. The molecular formula is C21H25AsClN2O3. The number of nitrogens with one attached hydrogen (secondary N) is 1. The van der Waals surface area contributed by atoms with E-state index in [9.17, 15) is 9.59 Å². The van der Waals surface area contributed by atoms with Crippen molar-refractivity contribution in [3.63, 3.8) is 0 Å². The summed E-state index contributed by atoms with van der Waals surface area (Å²) in [5.41, 5.74) is 0.809. The summed E-state index contributed by atoms with van der Waals surface area (Å²) in [6, 6.07) is 7.53. The molecule has 1 heterocycles. The number of nitrogens with zero attached hydrogens (tertiary/aromatic N) is 1. The van der Waals surface area contributed by atoms with Crippen LogP contribution in [0.3, 0.4) is 0 Å². The van der Waals surface area contributed by atoms with Gasteiger partial charge < -0.3 is 0 Å². The Morgan fingerprint density at radius 3 is 2.71 bits per heavy atom. The molecule has 0 aliphatic heterocycles. The third-order valence-electron chi connectivity index (χ3n) is 5.09. The first-order chi connectivity index (χ1) is 13.5. The fourth-order valence-electron chi connectivity index (χ4n) is 3.64. The van der Waals surface area contributed by atoms with Crippen LogP contribution >= 0.6 is 11.6 Å². The number of fused-ring (bicyclic) bond motifs is 1. The van der Waals surface area contributed by atoms with Crippen molar-refractivity contribution in [2.45, 2.75) is 51.4 Å². The van der Waals surface area contributed by atoms with Gasteiger partial charge in [-0.25, -0.2) is 0 Å². The normalized spacial score (nSPS) is 15.3. The number of hydrogen-bond donors (Lipinski definition) is 2. The molecule has 1 aromatic heterocycles. The van der Waals surface area contributed by atoms with Crippen LogP contribution in [0.25, 0.3) is 10.9 Å². The van der Waals surface area contributed by atoms with E-state index in [1.807, 2.05) is 24.3 Å².